The van der Waals surface area contributed by atoms with Crippen molar-refractivity contribution in [1.29, 1.82) is 0 Å². The molecule has 1 aromatic carbocycles. The van der Waals surface area contributed by atoms with Crippen LogP contribution in [0.3, 0.4) is 0 Å². The van der Waals surface area contributed by atoms with Gasteiger partial charge in [-0.05, 0) is 43.9 Å². The Morgan fingerprint density at radius 2 is 1.81 bits per heavy atom. The van der Waals surface area contributed by atoms with Crippen molar-refractivity contribution in [3.05, 3.63) is 27.7 Å². The summed E-state index contributed by atoms with van der Waals surface area (Å²) < 4.78 is 0.878. The number of nitrogens with zero attached hydrogens (tertiary/aromatic N) is 1. The highest BCUT2D eigenvalue weighted by Gasteiger charge is 2.26. The van der Waals surface area contributed by atoms with Crippen molar-refractivity contribution in [3.63, 3.8) is 0 Å². The van der Waals surface area contributed by atoms with Crippen LogP contribution >= 0.6 is 27.5 Å². The maximum Gasteiger partial charge on any atom is 0.238 e. The molecule has 2 aliphatic rings. The van der Waals surface area contributed by atoms with E-state index >= 15 is 0 Å². The zero-order valence-electron chi connectivity index (χ0n) is 15.5. The molecule has 2 N–H and O–H groups in total. The maximum atomic E-state index is 12.4. The van der Waals surface area contributed by atoms with Gasteiger partial charge >= 0.3 is 0 Å². The molecule has 1 aliphatic carbocycles. The second-order valence-corrected chi connectivity index (χ2v) is 8.89. The molecule has 2 amide bonds. The number of hydrogen-bond acceptors (Lipinski definition) is 3. The van der Waals surface area contributed by atoms with E-state index in [1.165, 1.54) is 19.3 Å². The summed E-state index contributed by atoms with van der Waals surface area (Å²) in [6.07, 6.45) is 7.46. The van der Waals surface area contributed by atoms with Crippen LogP contribution in [-0.2, 0) is 9.59 Å². The number of carbonyl (C=O) groups is 2. The van der Waals surface area contributed by atoms with Gasteiger partial charge in [-0.1, -0.05) is 46.8 Å². The first-order valence-electron chi connectivity index (χ1n) is 9.79. The van der Waals surface area contributed by atoms with Crippen LogP contribution in [0.1, 0.15) is 44.9 Å². The Morgan fingerprint density at radius 1 is 1.11 bits per heavy atom. The molecule has 0 aromatic heterocycles. The highest BCUT2D eigenvalue weighted by Crippen LogP contribution is 2.26. The molecule has 1 aliphatic heterocycles. The van der Waals surface area contributed by atoms with Crippen LogP contribution < -0.4 is 10.6 Å². The lowest BCUT2D eigenvalue weighted by Crippen LogP contribution is -2.48. The second-order valence-electron chi connectivity index (χ2n) is 7.57. The first-order chi connectivity index (χ1) is 13.0. The third kappa shape index (κ3) is 6.19. The topological polar surface area (TPSA) is 61.4 Å². The van der Waals surface area contributed by atoms with Crippen LogP contribution in [0, 0.1) is 5.92 Å². The van der Waals surface area contributed by atoms with Crippen LogP contribution in [0.4, 0.5) is 5.69 Å². The molecule has 1 aromatic rings. The first kappa shape index (κ1) is 20.6. The van der Waals surface area contributed by atoms with Crippen molar-refractivity contribution in [2.45, 2.75) is 51.0 Å². The van der Waals surface area contributed by atoms with Crippen LogP contribution in [0.25, 0.3) is 0 Å². The highest BCUT2D eigenvalue weighted by atomic mass is 79.9. The minimum Gasteiger partial charge on any atom is -0.353 e. The van der Waals surface area contributed by atoms with Gasteiger partial charge in [-0.15, -0.1) is 0 Å². The molecule has 1 saturated heterocycles. The molecule has 0 atom stereocenters. The lowest BCUT2D eigenvalue weighted by molar-refractivity contribution is -0.127. The minimum absolute atomic E-state index is 0.0658. The summed E-state index contributed by atoms with van der Waals surface area (Å²) in [6, 6.07) is 5.64. The molecule has 0 bridgehead atoms. The molecular formula is C20H27BrClN3O2. The van der Waals surface area contributed by atoms with Crippen molar-refractivity contribution in [1.82, 2.24) is 10.2 Å². The lowest BCUT2D eigenvalue weighted by atomic mass is 9.88. The average Bonchev–Trinajstić information content (AvgIpc) is 2.66. The summed E-state index contributed by atoms with van der Waals surface area (Å²) in [4.78, 5) is 26.8. The number of nitrogens with one attached hydrogen (secondary N) is 2. The SMILES string of the molecule is O=C(CN1CCC(NC(=O)C2CCCCC2)CC1)Nc1ccc(Br)cc1Cl. The maximum absolute atomic E-state index is 12.4. The fourth-order valence-corrected chi connectivity index (χ4v) is 4.62. The van der Waals surface area contributed by atoms with Crippen LogP contribution in [-0.4, -0.2) is 42.4 Å². The van der Waals surface area contributed by atoms with E-state index in [1.54, 1.807) is 12.1 Å². The van der Waals surface area contributed by atoms with E-state index in [1.807, 2.05) is 6.07 Å². The Kier molecular flexibility index (Phi) is 7.56. The van der Waals surface area contributed by atoms with Gasteiger partial charge in [0.1, 0.15) is 0 Å². The van der Waals surface area contributed by atoms with E-state index < -0.39 is 0 Å². The Bertz CT molecular complexity index is 671. The lowest BCUT2D eigenvalue weighted by Gasteiger charge is -2.33. The number of amides is 2. The standard InChI is InChI=1S/C20H27BrClN3O2/c21-15-6-7-18(17(22)12-15)24-19(26)13-25-10-8-16(9-11-25)23-20(27)14-4-2-1-3-5-14/h6-7,12,14,16H,1-5,8-11,13H2,(H,23,27)(H,24,26). The fraction of sp³-hybridized carbons (Fsp3) is 0.600. The van der Waals surface area contributed by atoms with Crippen molar-refractivity contribution in [2.24, 2.45) is 5.92 Å². The van der Waals surface area contributed by atoms with Gasteiger partial charge in [-0.25, -0.2) is 0 Å². The van der Waals surface area contributed by atoms with Crippen molar-refractivity contribution in [2.75, 3.05) is 25.0 Å². The predicted molar refractivity (Wildman–Crippen MR) is 112 cm³/mol. The van der Waals surface area contributed by atoms with Crippen LogP contribution in [0.5, 0.6) is 0 Å². The number of benzene rings is 1. The number of likely N-dealkylation sites (tertiary alicyclic amines) is 1. The summed E-state index contributed by atoms with van der Waals surface area (Å²) in [7, 11) is 0. The molecular weight excluding hydrogens is 430 g/mol. The normalized spacial score (nSPS) is 19.6. The van der Waals surface area contributed by atoms with E-state index in [9.17, 15) is 9.59 Å². The van der Waals surface area contributed by atoms with Gasteiger partial charge in [0, 0.05) is 29.5 Å². The van der Waals surface area contributed by atoms with Gasteiger partial charge in [0.05, 0.1) is 17.3 Å². The zero-order chi connectivity index (χ0) is 19.2. The third-order valence-electron chi connectivity index (χ3n) is 5.48. The van der Waals surface area contributed by atoms with Gasteiger partial charge in [-0.2, -0.15) is 0 Å². The number of piperidine rings is 1. The number of anilines is 1. The summed E-state index contributed by atoms with van der Waals surface area (Å²) in [6.45, 7) is 1.98. The van der Waals surface area contributed by atoms with E-state index in [0.717, 1.165) is 43.2 Å². The van der Waals surface area contributed by atoms with Crippen LogP contribution in [0.15, 0.2) is 22.7 Å². The Hall–Kier alpha value is -1.11. The van der Waals surface area contributed by atoms with Gasteiger partial charge in [0.25, 0.3) is 0 Å². The quantitative estimate of drug-likeness (QED) is 0.698. The Morgan fingerprint density at radius 3 is 2.48 bits per heavy atom. The summed E-state index contributed by atoms with van der Waals surface area (Å²) in [5.41, 5.74) is 0.625. The molecule has 2 fully saturated rings. The van der Waals surface area contributed by atoms with Gasteiger partial charge < -0.3 is 10.6 Å². The minimum atomic E-state index is -0.0658. The summed E-state index contributed by atoms with van der Waals surface area (Å²) in [5, 5.41) is 6.61. The molecule has 0 radical (unpaired) electrons. The summed E-state index contributed by atoms with van der Waals surface area (Å²) in [5.74, 6) is 0.373. The van der Waals surface area contributed by atoms with E-state index in [0.29, 0.717) is 17.3 Å². The van der Waals surface area contributed by atoms with Gasteiger partial charge in [0.15, 0.2) is 0 Å². The monoisotopic (exact) mass is 455 g/mol. The molecule has 148 valence electrons. The largest absolute Gasteiger partial charge is 0.353 e. The molecule has 0 unspecified atom stereocenters. The third-order valence-corrected chi connectivity index (χ3v) is 6.29. The number of halogens is 2. The average molecular weight is 457 g/mol. The molecule has 7 heteroatoms. The molecule has 5 nitrogen and oxygen atoms in total. The highest BCUT2D eigenvalue weighted by molar-refractivity contribution is 9.10. The van der Waals surface area contributed by atoms with Gasteiger partial charge in [0.2, 0.25) is 11.8 Å². The summed E-state index contributed by atoms with van der Waals surface area (Å²) >= 11 is 9.50. The molecule has 3 rings (SSSR count). The second kappa shape index (κ2) is 9.89. The van der Waals surface area contributed by atoms with E-state index in [2.05, 4.69) is 31.5 Å². The number of carbonyl (C=O) groups excluding carboxylic acids is 2. The predicted octanol–water partition coefficient (Wildman–Crippen LogP) is 4.20. The van der Waals surface area contributed by atoms with Gasteiger partial charge in [-0.3, -0.25) is 14.5 Å². The smallest absolute Gasteiger partial charge is 0.238 e. The van der Waals surface area contributed by atoms with Crippen molar-refractivity contribution < 1.29 is 9.59 Å². The molecule has 1 saturated carbocycles. The van der Waals surface area contributed by atoms with E-state index in [-0.39, 0.29) is 23.8 Å². The fourth-order valence-electron chi connectivity index (χ4n) is 3.90. The first-order valence-corrected chi connectivity index (χ1v) is 11.0. The zero-order valence-corrected chi connectivity index (χ0v) is 17.8. The Labute approximate surface area is 174 Å². The molecule has 27 heavy (non-hydrogen) atoms. The number of rotatable bonds is 5. The molecule has 1 heterocycles. The molecule has 0 spiro atoms. The van der Waals surface area contributed by atoms with Crippen LogP contribution in [0.2, 0.25) is 5.02 Å². The van der Waals surface area contributed by atoms with Crippen molar-refractivity contribution >= 4 is 45.0 Å². The number of hydrogen-bond donors (Lipinski definition) is 2. The Balaban J connectivity index is 1.39. The van der Waals surface area contributed by atoms with E-state index in [4.69, 9.17) is 11.6 Å². The van der Waals surface area contributed by atoms with Crippen molar-refractivity contribution in [3.8, 4) is 0 Å².